The monoisotopic (exact) mass is 458 g/mol. The lowest BCUT2D eigenvalue weighted by Crippen LogP contribution is -2.14. The molecule has 0 saturated carbocycles. The quantitative estimate of drug-likeness (QED) is 0.713. The number of hydrogen-bond donors (Lipinski definition) is 2. The molecule has 33 heavy (non-hydrogen) atoms. The molecule has 2 aromatic rings. The second kappa shape index (κ2) is 12.8. The van der Waals surface area contributed by atoms with Crippen LogP contribution in [0.15, 0.2) is 36.4 Å². The van der Waals surface area contributed by atoms with Gasteiger partial charge in [-0.25, -0.2) is 0 Å². The molecule has 0 saturated heterocycles. The highest BCUT2D eigenvalue weighted by Gasteiger charge is 2.15. The standard InChI is InChI=1S/C24H30N2O7/c1-17(27)25-19-3-5-21-22-6-4-20(26-18(2)28)16-24(22)33-14-12-31-10-8-29-7-9-30-11-13-32-23(21)15-19/h3-6,15-16H,7-14H2,1-2H3,(H,25,27)(H,26,28). The summed E-state index contributed by atoms with van der Waals surface area (Å²) in [7, 11) is 0. The largest absolute Gasteiger partial charge is 0.490 e. The lowest BCUT2D eigenvalue weighted by molar-refractivity contribution is -0.115. The Morgan fingerprint density at radius 3 is 1.33 bits per heavy atom. The number of nitrogens with one attached hydrogen (secondary N) is 2. The lowest BCUT2D eigenvalue weighted by atomic mass is 10.0. The third kappa shape index (κ3) is 8.05. The van der Waals surface area contributed by atoms with E-state index in [2.05, 4.69) is 10.6 Å². The van der Waals surface area contributed by atoms with E-state index in [-0.39, 0.29) is 11.8 Å². The van der Waals surface area contributed by atoms with Crippen molar-refractivity contribution in [1.82, 2.24) is 0 Å². The second-order valence-corrected chi connectivity index (χ2v) is 7.32. The molecule has 1 heterocycles. The van der Waals surface area contributed by atoms with E-state index in [1.807, 2.05) is 12.1 Å². The smallest absolute Gasteiger partial charge is 0.221 e. The van der Waals surface area contributed by atoms with Gasteiger partial charge in [-0.05, 0) is 24.3 Å². The molecule has 2 amide bonds. The van der Waals surface area contributed by atoms with Crippen molar-refractivity contribution in [2.45, 2.75) is 13.8 Å². The Morgan fingerprint density at radius 1 is 0.606 bits per heavy atom. The average molecular weight is 459 g/mol. The molecule has 178 valence electrons. The van der Waals surface area contributed by atoms with Crippen molar-refractivity contribution >= 4 is 23.2 Å². The predicted octanol–water partition coefficient (Wildman–Crippen LogP) is 3.09. The minimum atomic E-state index is -0.175. The number of benzene rings is 2. The van der Waals surface area contributed by atoms with Gasteiger partial charge in [0.25, 0.3) is 0 Å². The van der Waals surface area contributed by atoms with E-state index < -0.39 is 0 Å². The fourth-order valence-corrected chi connectivity index (χ4v) is 3.25. The third-order valence-corrected chi connectivity index (χ3v) is 4.61. The van der Waals surface area contributed by atoms with Gasteiger partial charge in [0.05, 0.1) is 39.6 Å². The van der Waals surface area contributed by atoms with Gasteiger partial charge in [0.2, 0.25) is 11.8 Å². The average Bonchev–Trinajstić information content (AvgIpc) is 2.76. The maximum atomic E-state index is 11.5. The Bertz CT molecular complexity index is 873. The molecule has 9 nitrogen and oxygen atoms in total. The number of anilines is 2. The van der Waals surface area contributed by atoms with Crippen LogP contribution < -0.4 is 20.1 Å². The molecule has 9 heteroatoms. The number of hydrogen-bond acceptors (Lipinski definition) is 7. The minimum absolute atomic E-state index is 0.175. The molecular weight excluding hydrogens is 428 g/mol. The van der Waals surface area contributed by atoms with Crippen LogP contribution in [0.5, 0.6) is 11.5 Å². The number of ether oxygens (including phenoxy) is 5. The summed E-state index contributed by atoms with van der Waals surface area (Å²) in [4.78, 5) is 23.0. The Morgan fingerprint density at radius 2 is 0.970 bits per heavy atom. The molecule has 0 unspecified atom stereocenters. The summed E-state index contributed by atoms with van der Waals surface area (Å²) >= 11 is 0. The molecule has 2 N–H and O–H groups in total. The number of amides is 2. The van der Waals surface area contributed by atoms with E-state index in [0.29, 0.717) is 75.7 Å². The van der Waals surface area contributed by atoms with Crippen molar-refractivity contribution in [3.8, 4) is 22.6 Å². The summed E-state index contributed by atoms with van der Waals surface area (Å²) in [5.74, 6) is 0.787. The third-order valence-electron chi connectivity index (χ3n) is 4.61. The molecule has 3 rings (SSSR count). The van der Waals surface area contributed by atoms with Crippen LogP contribution in [0.25, 0.3) is 11.1 Å². The summed E-state index contributed by atoms with van der Waals surface area (Å²) < 4.78 is 28.6. The molecule has 0 aliphatic carbocycles. The zero-order chi connectivity index (χ0) is 23.5. The van der Waals surface area contributed by atoms with Gasteiger partial charge in [-0.3, -0.25) is 9.59 Å². The van der Waals surface area contributed by atoms with Crippen LogP contribution in [0.4, 0.5) is 11.4 Å². The van der Waals surface area contributed by atoms with E-state index in [0.717, 1.165) is 11.1 Å². The number of fused-ring (bicyclic) bond motifs is 3. The van der Waals surface area contributed by atoms with Crippen LogP contribution in [0.1, 0.15) is 13.8 Å². The first-order valence-electron chi connectivity index (χ1n) is 10.9. The highest BCUT2D eigenvalue weighted by molar-refractivity contribution is 5.91. The minimum Gasteiger partial charge on any atom is -0.490 e. The van der Waals surface area contributed by atoms with E-state index >= 15 is 0 Å². The van der Waals surface area contributed by atoms with Gasteiger partial charge < -0.3 is 34.3 Å². The van der Waals surface area contributed by atoms with Gasteiger partial charge in [-0.2, -0.15) is 0 Å². The van der Waals surface area contributed by atoms with Crippen LogP contribution >= 0.6 is 0 Å². The van der Waals surface area contributed by atoms with E-state index in [9.17, 15) is 9.59 Å². The van der Waals surface area contributed by atoms with Gasteiger partial charge in [0.15, 0.2) is 0 Å². The van der Waals surface area contributed by atoms with Crippen LogP contribution in [0.2, 0.25) is 0 Å². The van der Waals surface area contributed by atoms with Gasteiger partial charge in [-0.15, -0.1) is 0 Å². The van der Waals surface area contributed by atoms with Crippen LogP contribution in [-0.2, 0) is 23.8 Å². The van der Waals surface area contributed by atoms with Crippen LogP contribution in [0.3, 0.4) is 0 Å². The summed E-state index contributed by atoms with van der Waals surface area (Å²) in [5.41, 5.74) is 2.79. The molecule has 1 aliphatic rings. The summed E-state index contributed by atoms with van der Waals surface area (Å²) in [6, 6.07) is 10.9. The SMILES string of the molecule is CC(=O)Nc1ccc2c(c1)OCCOCCOCCOCCOc1cc(NC(C)=O)ccc1-2. The molecular formula is C24H30N2O7. The predicted molar refractivity (Wildman–Crippen MR) is 124 cm³/mol. The molecule has 1 aliphatic heterocycles. The van der Waals surface area contributed by atoms with Crippen molar-refractivity contribution in [3.05, 3.63) is 36.4 Å². The molecule has 0 spiro atoms. The fourth-order valence-electron chi connectivity index (χ4n) is 3.25. The van der Waals surface area contributed by atoms with Crippen LogP contribution in [-0.4, -0.2) is 64.7 Å². The Hall–Kier alpha value is -3.14. The molecule has 2 aromatic carbocycles. The molecule has 0 radical (unpaired) electrons. The number of rotatable bonds is 2. The van der Waals surface area contributed by atoms with Crippen molar-refractivity contribution in [2.24, 2.45) is 0 Å². The second-order valence-electron chi connectivity index (χ2n) is 7.32. The maximum absolute atomic E-state index is 11.5. The van der Waals surface area contributed by atoms with Gasteiger partial charge in [0, 0.05) is 48.5 Å². The molecule has 0 atom stereocenters. The number of carbonyl (C=O) groups excluding carboxylic acids is 2. The Labute approximate surface area is 193 Å². The Balaban J connectivity index is 1.95. The highest BCUT2D eigenvalue weighted by Crippen LogP contribution is 2.39. The van der Waals surface area contributed by atoms with E-state index in [1.165, 1.54) is 13.8 Å². The summed E-state index contributed by atoms with van der Waals surface area (Å²) in [6.45, 7) is 6.17. The van der Waals surface area contributed by atoms with Gasteiger partial charge in [-0.1, -0.05) is 0 Å². The lowest BCUT2D eigenvalue weighted by Gasteiger charge is -2.18. The van der Waals surface area contributed by atoms with Crippen molar-refractivity contribution in [2.75, 3.05) is 63.5 Å². The fraction of sp³-hybridized carbons (Fsp3) is 0.417. The Kier molecular flexibility index (Phi) is 9.49. The molecule has 0 aromatic heterocycles. The van der Waals surface area contributed by atoms with Crippen molar-refractivity contribution < 1.29 is 33.3 Å². The summed E-state index contributed by atoms with van der Waals surface area (Å²) in [5, 5.41) is 5.55. The summed E-state index contributed by atoms with van der Waals surface area (Å²) in [6.07, 6.45) is 0. The zero-order valence-electron chi connectivity index (χ0n) is 19.0. The first-order valence-corrected chi connectivity index (χ1v) is 10.9. The van der Waals surface area contributed by atoms with Gasteiger partial charge >= 0.3 is 0 Å². The first kappa shape index (κ1) is 24.5. The van der Waals surface area contributed by atoms with Crippen LogP contribution in [0, 0.1) is 0 Å². The highest BCUT2D eigenvalue weighted by atomic mass is 16.6. The number of carbonyl (C=O) groups is 2. The topological polar surface area (TPSA) is 104 Å². The van der Waals surface area contributed by atoms with Gasteiger partial charge in [0.1, 0.15) is 24.7 Å². The maximum Gasteiger partial charge on any atom is 0.221 e. The molecule has 0 fully saturated rings. The van der Waals surface area contributed by atoms with Crippen molar-refractivity contribution in [1.29, 1.82) is 0 Å². The normalized spacial score (nSPS) is 15.6. The zero-order valence-corrected chi connectivity index (χ0v) is 19.0. The first-order chi connectivity index (χ1) is 16.0. The van der Waals surface area contributed by atoms with Crippen molar-refractivity contribution in [3.63, 3.8) is 0 Å². The molecule has 0 bridgehead atoms. The van der Waals surface area contributed by atoms with E-state index in [1.54, 1.807) is 24.3 Å². The van der Waals surface area contributed by atoms with E-state index in [4.69, 9.17) is 23.7 Å².